The Bertz CT molecular complexity index is 1090. The summed E-state index contributed by atoms with van der Waals surface area (Å²) in [6.45, 7) is 0.197. The number of aliphatic carboxylic acids is 1. The molecule has 160 valence electrons. The minimum Gasteiger partial charge on any atom is -0.481 e. The molecule has 1 aliphatic heterocycles. The van der Waals surface area contributed by atoms with E-state index in [-0.39, 0.29) is 36.7 Å². The van der Waals surface area contributed by atoms with Crippen LogP contribution >= 0.6 is 35.6 Å². The number of carbonyl (C=O) groups is 2. The fraction of sp³-hybridized carbons (Fsp3) is 0.150. The zero-order valence-corrected chi connectivity index (χ0v) is 18.2. The van der Waals surface area contributed by atoms with Gasteiger partial charge in [-0.3, -0.25) is 24.6 Å². The first kappa shape index (κ1) is 22.7. The van der Waals surface area contributed by atoms with Crippen LogP contribution in [0.5, 0.6) is 11.5 Å². The highest BCUT2D eigenvalue weighted by Gasteiger charge is 2.31. The third-order valence-electron chi connectivity index (χ3n) is 4.16. The van der Waals surface area contributed by atoms with Gasteiger partial charge in [-0.25, -0.2) is 0 Å². The Balaban J connectivity index is 1.80. The van der Waals surface area contributed by atoms with Crippen molar-refractivity contribution in [1.82, 2.24) is 4.90 Å². The van der Waals surface area contributed by atoms with Gasteiger partial charge in [-0.05, 0) is 48.4 Å². The minimum absolute atomic E-state index is 0.0469. The highest BCUT2D eigenvalue weighted by atomic mass is 35.5. The molecule has 1 heterocycles. The van der Waals surface area contributed by atoms with Crippen molar-refractivity contribution in [3.05, 3.63) is 68.1 Å². The van der Waals surface area contributed by atoms with E-state index in [1.807, 2.05) is 0 Å². The van der Waals surface area contributed by atoms with Crippen LogP contribution in [0.1, 0.15) is 18.4 Å². The third-order valence-corrected chi connectivity index (χ3v) is 5.79. The maximum Gasteiger partial charge on any atom is 0.312 e. The lowest BCUT2D eigenvalue weighted by atomic mass is 10.1. The largest absolute Gasteiger partial charge is 0.481 e. The topological polar surface area (TPSA) is 110 Å². The molecule has 0 atom stereocenters. The lowest BCUT2D eigenvalue weighted by molar-refractivity contribution is -0.385. The zero-order valence-electron chi connectivity index (χ0n) is 15.8. The fourth-order valence-electron chi connectivity index (χ4n) is 2.72. The Morgan fingerprint density at radius 1 is 1.29 bits per heavy atom. The maximum atomic E-state index is 12.6. The maximum absolute atomic E-state index is 12.6. The number of amides is 1. The zero-order chi connectivity index (χ0) is 22.5. The SMILES string of the molecule is O=C(O)CCCN1C(=O)C(=Cc2ccc(Oc3ccc(Cl)cc3)c([N+](=O)[O-])c2)SC1=S. The van der Waals surface area contributed by atoms with Crippen molar-refractivity contribution in [1.29, 1.82) is 0 Å². The lowest BCUT2D eigenvalue weighted by Crippen LogP contribution is -2.29. The van der Waals surface area contributed by atoms with Crippen molar-refractivity contribution in [2.75, 3.05) is 6.54 Å². The van der Waals surface area contributed by atoms with Crippen molar-refractivity contribution in [3.63, 3.8) is 0 Å². The van der Waals surface area contributed by atoms with Gasteiger partial charge in [-0.15, -0.1) is 0 Å². The van der Waals surface area contributed by atoms with E-state index >= 15 is 0 Å². The summed E-state index contributed by atoms with van der Waals surface area (Å²) in [4.78, 5) is 35.8. The van der Waals surface area contributed by atoms with E-state index in [0.29, 0.717) is 25.6 Å². The number of carbonyl (C=O) groups excluding carboxylic acids is 1. The number of rotatable bonds is 8. The van der Waals surface area contributed by atoms with Crippen LogP contribution in [0.15, 0.2) is 47.4 Å². The van der Waals surface area contributed by atoms with Crippen molar-refractivity contribution >= 4 is 63.5 Å². The molecule has 1 aliphatic rings. The number of halogens is 1. The molecule has 1 fully saturated rings. The van der Waals surface area contributed by atoms with Gasteiger partial charge in [0.15, 0.2) is 0 Å². The molecule has 1 saturated heterocycles. The molecule has 11 heteroatoms. The smallest absolute Gasteiger partial charge is 0.312 e. The summed E-state index contributed by atoms with van der Waals surface area (Å²) < 4.78 is 5.92. The molecule has 0 spiro atoms. The normalized spacial score (nSPS) is 14.9. The lowest BCUT2D eigenvalue weighted by Gasteiger charge is -2.13. The molecule has 0 unspecified atom stereocenters. The fourth-order valence-corrected chi connectivity index (χ4v) is 4.15. The molecule has 8 nitrogen and oxygen atoms in total. The Labute approximate surface area is 191 Å². The van der Waals surface area contributed by atoms with E-state index in [2.05, 4.69) is 0 Å². The Morgan fingerprint density at radius 2 is 2.00 bits per heavy atom. The average molecular weight is 479 g/mol. The summed E-state index contributed by atoms with van der Waals surface area (Å²) in [5.41, 5.74) is 0.168. The first-order valence-corrected chi connectivity index (χ1v) is 10.5. The predicted octanol–water partition coefficient (Wildman–Crippen LogP) is 5.11. The molecule has 3 rings (SSSR count). The summed E-state index contributed by atoms with van der Waals surface area (Å²) in [6.07, 6.45) is 1.71. The molecule has 2 aromatic carbocycles. The molecule has 1 amide bonds. The van der Waals surface area contributed by atoms with E-state index < -0.39 is 10.9 Å². The summed E-state index contributed by atoms with van der Waals surface area (Å²) in [6, 6.07) is 10.8. The molecule has 0 bridgehead atoms. The van der Waals surface area contributed by atoms with Crippen molar-refractivity contribution in [2.24, 2.45) is 0 Å². The number of hydrogen-bond acceptors (Lipinski definition) is 7. The number of carboxylic acid groups (broad SMARTS) is 1. The number of carboxylic acids is 1. The van der Waals surface area contributed by atoms with Gasteiger partial charge >= 0.3 is 11.7 Å². The molecule has 1 N–H and O–H groups in total. The van der Waals surface area contributed by atoms with E-state index in [9.17, 15) is 19.7 Å². The van der Waals surface area contributed by atoms with Gasteiger partial charge in [0, 0.05) is 24.1 Å². The number of nitro groups is 1. The van der Waals surface area contributed by atoms with Crippen LogP contribution in [0.4, 0.5) is 5.69 Å². The Hall–Kier alpha value is -2.95. The number of benzene rings is 2. The average Bonchev–Trinajstić information content (AvgIpc) is 2.97. The molecule has 0 aliphatic carbocycles. The van der Waals surface area contributed by atoms with Gasteiger partial charge in [0.2, 0.25) is 5.75 Å². The van der Waals surface area contributed by atoms with Crippen molar-refractivity contribution < 1.29 is 24.4 Å². The number of thiocarbonyl (C=S) groups is 1. The summed E-state index contributed by atoms with van der Waals surface area (Å²) in [5, 5.41) is 20.8. The summed E-state index contributed by atoms with van der Waals surface area (Å²) in [7, 11) is 0. The van der Waals surface area contributed by atoms with Gasteiger partial charge in [-0.1, -0.05) is 41.6 Å². The second kappa shape index (κ2) is 9.90. The summed E-state index contributed by atoms with van der Waals surface area (Å²) in [5.74, 6) is -0.869. The van der Waals surface area contributed by atoms with Gasteiger partial charge in [0.05, 0.1) is 9.83 Å². The highest BCUT2D eigenvalue weighted by Crippen LogP contribution is 2.36. The predicted molar refractivity (Wildman–Crippen MR) is 121 cm³/mol. The molecular weight excluding hydrogens is 464 g/mol. The first-order chi connectivity index (χ1) is 14.7. The van der Waals surface area contributed by atoms with Gasteiger partial charge < -0.3 is 9.84 Å². The standard InChI is InChI=1S/C20H15ClN2O6S2/c21-13-4-6-14(7-5-13)29-16-8-3-12(10-15(16)23(27)28)11-17-19(26)22(20(30)31-17)9-1-2-18(24)25/h3-8,10-11H,1-2,9H2,(H,24,25). The van der Waals surface area contributed by atoms with E-state index in [0.717, 1.165) is 11.8 Å². The van der Waals surface area contributed by atoms with E-state index in [1.165, 1.54) is 23.1 Å². The second-order valence-corrected chi connectivity index (χ2v) is 8.48. The van der Waals surface area contributed by atoms with Gasteiger partial charge in [0.25, 0.3) is 5.91 Å². The van der Waals surface area contributed by atoms with E-state index in [4.69, 9.17) is 33.7 Å². The van der Waals surface area contributed by atoms with Gasteiger partial charge in [-0.2, -0.15) is 0 Å². The molecule has 2 aromatic rings. The van der Waals surface area contributed by atoms with Crippen LogP contribution < -0.4 is 4.74 Å². The number of thioether (sulfide) groups is 1. The quantitative estimate of drug-likeness (QED) is 0.241. The monoisotopic (exact) mass is 478 g/mol. The number of ether oxygens (including phenoxy) is 1. The van der Waals surface area contributed by atoms with Crippen molar-refractivity contribution in [3.8, 4) is 11.5 Å². The third kappa shape index (κ3) is 5.81. The molecular formula is C20H15ClN2O6S2. The molecule has 31 heavy (non-hydrogen) atoms. The second-order valence-electron chi connectivity index (χ2n) is 6.37. The van der Waals surface area contributed by atoms with Crippen LogP contribution in [0, 0.1) is 10.1 Å². The Kier molecular flexibility index (Phi) is 7.26. The first-order valence-electron chi connectivity index (χ1n) is 8.93. The molecule has 0 saturated carbocycles. The number of nitro benzene ring substituents is 1. The van der Waals surface area contributed by atoms with Crippen LogP contribution in [-0.2, 0) is 9.59 Å². The van der Waals surface area contributed by atoms with Crippen LogP contribution in [0.2, 0.25) is 5.02 Å². The van der Waals surface area contributed by atoms with Crippen LogP contribution in [-0.4, -0.2) is 37.7 Å². The molecule has 0 aromatic heterocycles. The summed E-state index contributed by atoms with van der Waals surface area (Å²) >= 11 is 12.1. The van der Waals surface area contributed by atoms with Crippen LogP contribution in [0.3, 0.4) is 0 Å². The minimum atomic E-state index is -0.950. The van der Waals surface area contributed by atoms with Crippen molar-refractivity contribution in [2.45, 2.75) is 12.8 Å². The van der Waals surface area contributed by atoms with Crippen LogP contribution in [0.25, 0.3) is 6.08 Å². The Morgan fingerprint density at radius 3 is 2.65 bits per heavy atom. The number of nitrogens with zero attached hydrogens (tertiary/aromatic N) is 2. The number of hydrogen-bond donors (Lipinski definition) is 1. The molecule has 0 radical (unpaired) electrons. The van der Waals surface area contributed by atoms with Gasteiger partial charge in [0.1, 0.15) is 10.1 Å². The van der Waals surface area contributed by atoms with E-state index in [1.54, 1.807) is 30.3 Å². The highest BCUT2D eigenvalue weighted by molar-refractivity contribution is 8.26.